The molecule has 2 aliphatic rings. The molecule has 0 aromatic heterocycles. The zero-order valence-corrected chi connectivity index (χ0v) is 13.2. The molecule has 3 rings (SSSR count). The summed E-state index contributed by atoms with van der Waals surface area (Å²) >= 11 is 1.41. The maximum Gasteiger partial charge on any atom is 0.286 e. The number of hydrogen-bond acceptors (Lipinski definition) is 4. The minimum Gasteiger partial charge on any atom is -0.351 e. The standard InChI is InChI=1S/C16H17N3O2S/c1-11(20)17-13-7-3-2-6-12(13)10-14-15(21)18-16(22-14)19-8-4-5-9-19/h2-3,6-7,10H,4-5,8-9H2,1H3,(H,17,20)/b14-10-. The summed E-state index contributed by atoms with van der Waals surface area (Å²) in [7, 11) is 0. The lowest BCUT2D eigenvalue weighted by Gasteiger charge is -2.14. The summed E-state index contributed by atoms with van der Waals surface area (Å²) < 4.78 is 0. The van der Waals surface area contributed by atoms with Crippen molar-refractivity contribution in [1.82, 2.24) is 4.90 Å². The number of anilines is 1. The van der Waals surface area contributed by atoms with Crippen LogP contribution in [0, 0.1) is 0 Å². The van der Waals surface area contributed by atoms with Crippen molar-refractivity contribution in [3.63, 3.8) is 0 Å². The number of carbonyl (C=O) groups excluding carboxylic acids is 2. The number of benzene rings is 1. The summed E-state index contributed by atoms with van der Waals surface area (Å²) in [6.45, 7) is 3.40. The molecule has 1 fully saturated rings. The van der Waals surface area contributed by atoms with E-state index in [9.17, 15) is 9.59 Å². The van der Waals surface area contributed by atoms with Crippen LogP contribution in [-0.2, 0) is 9.59 Å². The number of nitrogens with zero attached hydrogens (tertiary/aromatic N) is 2. The third-order valence-corrected chi connectivity index (χ3v) is 4.59. The molecule has 0 unspecified atom stereocenters. The highest BCUT2D eigenvalue weighted by Crippen LogP contribution is 2.32. The second kappa shape index (κ2) is 6.36. The molecule has 0 radical (unpaired) electrons. The highest BCUT2D eigenvalue weighted by molar-refractivity contribution is 8.18. The molecule has 22 heavy (non-hydrogen) atoms. The molecule has 5 nitrogen and oxygen atoms in total. The monoisotopic (exact) mass is 315 g/mol. The van der Waals surface area contributed by atoms with Crippen LogP contribution in [0.1, 0.15) is 25.3 Å². The van der Waals surface area contributed by atoms with Gasteiger partial charge in [-0.25, -0.2) is 0 Å². The number of aliphatic imine (C=N–C) groups is 1. The predicted molar refractivity (Wildman–Crippen MR) is 89.6 cm³/mol. The van der Waals surface area contributed by atoms with E-state index in [1.165, 1.54) is 18.7 Å². The van der Waals surface area contributed by atoms with Crippen molar-refractivity contribution in [3.8, 4) is 0 Å². The minimum absolute atomic E-state index is 0.134. The number of thioether (sulfide) groups is 1. The molecule has 0 bridgehead atoms. The van der Waals surface area contributed by atoms with E-state index < -0.39 is 0 Å². The van der Waals surface area contributed by atoms with Gasteiger partial charge in [0.15, 0.2) is 5.17 Å². The number of amidine groups is 1. The van der Waals surface area contributed by atoms with Crippen molar-refractivity contribution in [2.75, 3.05) is 18.4 Å². The Morgan fingerprint density at radius 3 is 2.77 bits per heavy atom. The Balaban J connectivity index is 1.82. The smallest absolute Gasteiger partial charge is 0.286 e. The van der Waals surface area contributed by atoms with Crippen molar-refractivity contribution in [3.05, 3.63) is 34.7 Å². The molecule has 2 amide bonds. The average Bonchev–Trinajstić information content (AvgIpc) is 3.11. The van der Waals surface area contributed by atoms with Gasteiger partial charge >= 0.3 is 0 Å². The fourth-order valence-electron chi connectivity index (χ4n) is 2.51. The number of nitrogens with one attached hydrogen (secondary N) is 1. The van der Waals surface area contributed by atoms with Crippen LogP contribution in [0.25, 0.3) is 6.08 Å². The Morgan fingerprint density at radius 2 is 2.05 bits per heavy atom. The molecule has 1 aromatic carbocycles. The number of likely N-dealkylation sites (tertiary alicyclic amines) is 1. The average molecular weight is 315 g/mol. The fourth-order valence-corrected chi connectivity index (χ4v) is 3.47. The van der Waals surface area contributed by atoms with Gasteiger partial charge in [-0.1, -0.05) is 18.2 Å². The topological polar surface area (TPSA) is 61.8 Å². The van der Waals surface area contributed by atoms with Crippen LogP contribution in [0.4, 0.5) is 5.69 Å². The molecule has 6 heteroatoms. The van der Waals surface area contributed by atoms with Crippen LogP contribution in [0.15, 0.2) is 34.2 Å². The summed E-state index contributed by atoms with van der Waals surface area (Å²) in [6.07, 6.45) is 4.10. The van der Waals surface area contributed by atoms with Crippen LogP contribution in [-0.4, -0.2) is 35.0 Å². The van der Waals surface area contributed by atoms with Gasteiger partial charge in [0.2, 0.25) is 5.91 Å². The number of amides is 2. The van der Waals surface area contributed by atoms with Gasteiger partial charge in [-0.2, -0.15) is 4.99 Å². The molecular formula is C16H17N3O2S. The highest BCUT2D eigenvalue weighted by Gasteiger charge is 2.27. The number of hydrogen-bond donors (Lipinski definition) is 1. The van der Waals surface area contributed by atoms with E-state index in [4.69, 9.17) is 0 Å². The van der Waals surface area contributed by atoms with Crippen LogP contribution < -0.4 is 5.32 Å². The molecular weight excluding hydrogens is 298 g/mol. The Bertz CT molecular complexity index is 676. The molecule has 1 saturated heterocycles. The minimum atomic E-state index is -0.204. The van der Waals surface area contributed by atoms with Crippen LogP contribution in [0.5, 0.6) is 0 Å². The zero-order valence-electron chi connectivity index (χ0n) is 12.3. The van der Waals surface area contributed by atoms with Gasteiger partial charge in [0.25, 0.3) is 5.91 Å². The SMILES string of the molecule is CC(=O)Nc1ccccc1/C=C1\SC(N2CCCC2)=NC1=O. The molecule has 1 aromatic rings. The van der Waals surface area contributed by atoms with E-state index >= 15 is 0 Å². The van der Waals surface area contributed by atoms with E-state index in [-0.39, 0.29) is 11.8 Å². The number of carbonyl (C=O) groups is 2. The molecule has 0 aliphatic carbocycles. The second-order valence-electron chi connectivity index (χ2n) is 5.27. The van der Waals surface area contributed by atoms with Crippen LogP contribution >= 0.6 is 11.8 Å². The first-order valence-corrected chi connectivity index (χ1v) is 8.09. The fraction of sp³-hybridized carbons (Fsp3) is 0.312. The van der Waals surface area contributed by atoms with E-state index in [1.807, 2.05) is 24.3 Å². The molecule has 0 spiro atoms. The normalized spacial score (nSPS) is 19.7. The first kappa shape index (κ1) is 14.8. The van der Waals surface area contributed by atoms with Crippen LogP contribution in [0.3, 0.4) is 0 Å². The highest BCUT2D eigenvalue weighted by atomic mass is 32.2. The van der Waals surface area contributed by atoms with Crippen molar-refractivity contribution >= 4 is 40.5 Å². The molecule has 2 aliphatic heterocycles. The van der Waals surface area contributed by atoms with Crippen molar-refractivity contribution in [2.45, 2.75) is 19.8 Å². The first-order chi connectivity index (χ1) is 10.6. The molecule has 114 valence electrons. The third-order valence-electron chi connectivity index (χ3n) is 3.54. The second-order valence-corrected chi connectivity index (χ2v) is 6.28. The lowest BCUT2D eigenvalue weighted by atomic mass is 10.1. The number of para-hydroxylation sites is 1. The maximum absolute atomic E-state index is 12.1. The lowest BCUT2D eigenvalue weighted by molar-refractivity contribution is -0.114. The predicted octanol–water partition coefficient (Wildman–Crippen LogP) is 2.71. The first-order valence-electron chi connectivity index (χ1n) is 7.27. The summed E-state index contributed by atoms with van der Waals surface area (Å²) in [5.41, 5.74) is 1.51. The van der Waals surface area contributed by atoms with E-state index in [1.54, 1.807) is 6.08 Å². The van der Waals surface area contributed by atoms with Crippen molar-refractivity contribution in [2.24, 2.45) is 4.99 Å². The Hall–Kier alpha value is -2.08. The van der Waals surface area contributed by atoms with Gasteiger partial charge in [0, 0.05) is 25.7 Å². The molecule has 0 atom stereocenters. The third kappa shape index (κ3) is 3.22. The van der Waals surface area contributed by atoms with Crippen molar-refractivity contribution in [1.29, 1.82) is 0 Å². The summed E-state index contributed by atoms with van der Waals surface area (Å²) in [4.78, 5) is 30.3. The van der Waals surface area contributed by atoms with Gasteiger partial charge in [-0.05, 0) is 42.3 Å². The Kier molecular flexibility index (Phi) is 4.29. The largest absolute Gasteiger partial charge is 0.351 e. The summed E-state index contributed by atoms with van der Waals surface area (Å²) in [5, 5.41) is 3.57. The molecule has 1 N–H and O–H groups in total. The molecule has 0 saturated carbocycles. The summed E-state index contributed by atoms with van der Waals surface area (Å²) in [5.74, 6) is -0.338. The lowest BCUT2D eigenvalue weighted by Crippen LogP contribution is -2.23. The maximum atomic E-state index is 12.1. The van der Waals surface area contributed by atoms with Crippen molar-refractivity contribution < 1.29 is 9.59 Å². The van der Waals surface area contributed by atoms with Gasteiger partial charge < -0.3 is 10.2 Å². The van der Waals surface area contributed by atoms with E-state index in [0.717, 1.165) is 36.7 Å². The molecule has 2 heterocycles. The van der Waals surface area contributed by atoms with E-state index in [0.29, 0.717) is 10.6 Å². The number of rotatable bonds is 2. The summed E-state index contributed by atoms with van der Waals surface area (Å²) in [6, 6.07) is 7.42. The van der Waals surface area contributed by atoms with Gasteiger partial charge in [-0.3, -0.25) is 9.59 Å². The zero-order chi connectivity index (χ0) is 15.5. The van der Waals surface area contributed by atoms with Crippen LogP contribution in [0.2, 0.25) is 0 Å². The van der Waals surface area contributed by atoms with Gasteiger partial charge in [-0.15, -0.1) is 0 Å². The Morgan fingerprint density at radius 1 is 1.32 bits per heavy atom. The van der Waals surface area contributed by atoms with E-state index in [2.05, 4.69) is 15.2 Å². The van der Waals surface area contributed by atoms with Gasteiger partial charge in [0.1, 0.15) is 0 Å². The quantitative estimate of drug-likeness (QED) is 0.852. The van der Waals surface area contributed by atoms with Gasteiger partial charge in [0.05, 0.1) is 4.91 Å². The Labute approximate surface area is 133 Å².